The van der Waals surface area contributed by atoms with Crippen molar-refractivity contribution in [3.8, 4) is 22.0 Å². The number of hydrogen-bond acceptors (Lipinski definition) is 4. The van der Waals surface area contributed by atoms with Gasteiger partial charge in [-0.2, -0.15) is 5.10 Å². The Bertz CT molecular complexity index is 1170. The molecule has 3 aromatic heterocycles. The van der Waals surface area contributed by atoms with E-state index >= 15 is 0 Å². The Kier molecular flexibility index (Phi) is 3.29. The quantitative estimate of drug-likeness (QED) is 0.426. The second-order valence-electron chi connectivity index (χ2n) is 5.62. The van der Waals surface area contributed by atoms with Gasteiger partial charge in [0.2, 0.25) is 0 Å². The number of fused-ring (bicyclic) bond motifs is 2. The van der Waals surface area contributed by atoms with Crippen molar-refractivity contribution in [1.82, 2.24) is 19.6 Å². The number of benzene rings is 2. The van der Waals surface area contributed by atoms with E-state index in [-0.39, 0.29) is 0 Å². The number of hydrogen-bond donors (Lipinski definition) is 0. The molecule has 25 heavy (non-hydrogen) atoms. The third-order valence-electron chi connectivity index (χ3n) is 4.01. The van der Waals surface area contributed by atoms with Crippen LogP contribution in [0.3, 0.4) is 0 Å². The van der Waals surface area contributed by atoms with E-state index < -0.39 is 0 Å². The molecule has 0 aliphatic heterocycles. The van der Waals surface area contributed by atoms with Gasteiger partial charge in [-0.15, -0.1) is 11.3 Å². The lowest BCUT2D eigenvalue weighted by atomic mass is 10.2. The molecule has 6 heteroatoms. The number of aromatic nitrogens is 4. The molecule has 0 saturated heterocycles. The van der Waals surface area contributed by atoms with E-state index in [0.717, 1.165) is 37.8 Å². The van der Waals surface area contributed by atoms with Crippen molar-refractivity contribution in [3.63, 3.8) is 0 Å². The molecule has 120 valence electrons. The number of thiazole rings is 1. The van der Waals surface area contributed by atoms with E-state index in [1.54, 1.807) is 17.5 Å². The van der Waals surface area contributed by atoms with E-state index in [1.165, 1.54) is 0 Å². The molecule has 0 saturated carbocycles. The summed E-state index contributed by atoms with van der Waals surface area (Å²) >= 11 is 7.63. The molecule has 0 bridgehead atoms. The average Bonchev–Trinajstić information content (AvgIpc) is 3.26. The van der Waals surface area contributed by atoms with Crippen molar-refractivity contribution in [1.29, 1.82) is 0 Å². The summed E-state index contributed by atoms with van der Waals surface area (Å²) < 4.78 is 3.01. The predicted octanol–water partition coefficient (Wildman–Crippen LogP) is 5.33. The maximum Gasteiger partial charge on any atom is 0.156 e. The summed E-state index contributed by atoms with van der Waals surface area (Å²) in [4.78, 5) is 9.18. The van der Waals surface area contributed by atoms with Gasteiger partial charge >= 0.3 is 0 Å². The summed E-state index contributed by atoms with van der Waals surface area (Å²) in [5, 5.41) is 6.38. The smallest absolute Gasteiger partial charge is 0.156 e. The number of nitrogens with zero attached hydrogens (tertiary/aromatic N) is 4. The van der Waals surface area contributed by atoms with Gasteiger partial charge in [-0.25, -0.2) is 14.5 Å². The Morgan fingerprint density at radius 3 is 2.64 bits per heavy atom. The van der Waals surface area contributed by atoms with Gasteiger partial charge in [0, 0.05) is 22.8 Å². The van der Waals surface area contributed by atoms with Gasteiger partial charge in [0.15, 0.2) is 5.65 Å². The highest BCUT2D eigenvalue weighted by atomic mass is 35.5. The Labute approximate surface area is 152 Å². The maximum atomic E-state index is 5.98. The van der Waals surface area contributed by atoms with Crippen molar-refractivity contribution >= 4 is 38.8 Å². The topological polar surface area (TPSA) is 43.1 Å². The summed E-state index contributed by atoms with van der Waals surface area (Å²) in [6, 6.07) is 19.7. The van der Waals surface area contributed by atoms with Crippen LogP contribution in [0.25, 0.3) is 37.8 Å². The minimum Gasteiger partial charge on any atom is -0.237 e. The van der Waals surface area contributed by atoms with Crippen LogP contribution >= 0.6 is 22.9 Å². The van der Waals surface area contributed by atoms with E-state index in [2.05, 4.69) is 11.1 Å². The zero-order valence-corrected chi connectivity index (χ0v) is 14.5. The molecule has 0 N–H and O–H groups in total. The van der Waals surface area contributed by atoms with E-state index in [4.69, 9.17) is 21.7 Å². The van der Waals surface area contributed by atoms with Crippen molar-refractivity contribution < 1.29 is 0 Å². The second-order valence-corrected chi connectivity index (χ2v) is 7.09. The molecule has 0 aliphatic rings. The highest BCUT2D eigenvalue weighted by Crippen LogP contribution is 2.31. The molecule has 0 atom stereocenters. The van der Waals surface area contributed by atoms with Crippen LogP contribution in [0.5, 0.6) is 0 Å². The van der Waals surface area contributed by atoms with Gasteiger partial charge in [-0.05, 0) is 30.3 Å². The standard InChI is InChI=1S/C19H11ClN4S/c20-13-7-5-12(6-8-13)15-11-18-21-10-9-16(24(18)23-15)19-22-14-3-1-2-4-17(14)25-19/h1-11H. The fraction of sp³-hybridized carbons (Fsp3) is 0. The van der Waals surface area contributed by atoms with Gasteiger partial charge in [0.1, 0.15) is 10.7 Å². The lowest BCUT2D eigenvalue weighted by Crippen LogP contribution is -1.95. The molecule has 0 radical (unpaired) electrons. The second kappa shape index (κ2) is 5.65. The Balaban J connectivity index is 1.69. The first-order chi connectivity index (χ1) is 12.3. The largest absolute Gasteiger partial charge is 0.237 e. The molecule has 2 aromatic carbocycles. The van der Waals surface area contributed by atoms with Gasteiger partial charge < -0.3 is 0 Å². The minimum atomic E-state index is 0.709. The summed E-state index contributed by atoms with van der Waals surface area (Å²) in [5.41, 5.74) is 4.59. The molecule has 0 spiro atoms. The van der Waals surface area contributed by atoms with E-state index in [0.29, 0.717) is 5.02 Å². The maximum absolute atomic E-state index is 5.98. The lowest BCUT2D eigenvalue weighted by molar-refractivity contribution is 0.950. The molecule has 0 aliphatic carbocycles. The van der Waals surface area contributed by atoms with Gasteiger partial charge in [-0.1, -0.05) is 35.9 Å². The number of para-hydroxylation sites is 1. The Morgan fingerprint density at radius 1 is 0.960 bits per heavy atom. The van der Waals surface area contributed by atoms with Crippen LogP contribution in [0.15, 0.2) is 66.9 Å². The Morgan fingerprint density at radius 2 is 1.80 bits per heavy atom. The normalized spacial score (nSPS) is 11.4. The van der Waals surface area contributed by atoms with E-state index in [9.17, 15) is 0 Å². The molecule has 4 nitrogen and oxygen atoms in total. The molecule has 5 rings (SSSR count). The molecular formula is C19H11ClN4S. The van der Waals surface area contributed by atoms with Gasteiger partial charge in [-0.3, -0.25) is 0 Å². The van der Waals surface area contributed by atoms with Crippen molar-refractivity contribution in [2.45, 2.75) is 0 Å². The summed E-state index contributed by atoms with van der Waals surface area (Å²) in [7, 11) is 0. The molecule has 5 aromatic rings. The predicted molar refractivity (Wildman–Crippen MR) is 102 cm³/mol. The monoisotopic (exact) mass is 362 g/mol. The van der Waals surface area contributed by atoms with Crippen LogP contribution in [0.1, 0.15) is 0 Å². The van der Waals surface area contributed by atoms with Crippen molar-refractivity contribution in [3.05, 3.63) is 71.9 Å². The highest BCUT2D eigenvalue weighted by Gasteiger charge is 2.13. The van der Waals surface area contributed by atoms with E-state index in [1.807, 2.05) is 59.1 Å². The third kappa shape index (κ3) is 2.49. The van der Waals surface area contributed by atoms with Gasteiger partial charge in [0.25, 0.3) is 0 Å². The first kappa shape index (κ1) is 14.6. The van der Waals surface area contributed by atoms with Crippen LogP contribution in [0.4, 0.5) is 0 Å². The summed E-state index contributed by atoms with van der Waals surface area (Å²) in [6.07, 6.45) is 1.80. The molecular weight excluding hydrogens is 352 g/mol. The zero-order chi connectivity index (χ0) is 16.8. The minimum absolute atomic E-state index is 0.709. The molecule has 0 fully saturated rings. The third-order valence-corrected chi connectivity index (χ3v) is 5.32. The van der Waals surface area contributed by atoms with Crippen LogP contribution in [0, 0.1) is 0 Å². The van der Waals surface area contributed by atoms with Crippen molar-refractivity contribution in [2.75, 3.05) is 0 Å². The lowest BCUT2D eigenvalue weighted by Gasteiger charge is -2.00. The van der Waals surface area contributed by atoms with Crippen LogP contribution in [-0.4, -0.2) is 19.6 Å². The fourth-order valence-electron chi connectivity index (χ4n) is 2.80. The van der Waals surface area contributed by atoms with Crippen LogP contribution < -0.4 is 0 Å². The number of rotatable bonds is 2. The van der Waals surface area contributed by atoms with Crippen LogP contribution in [0.2, 0.25) is 5.02 Å². The van der Waals surface area contributed by atoms with Gasteiger partial charge in [0.05, 0.1) is 15.9 Å². The first-order valence-corrected chi connectivity index (χ1v) is 8.94. The highest BCUT2D eigenvalue weighted by molar-refractivity contribution is 7.21. The van der Waals surface area contributed by atoms with Crippen LogP contribution in [-0.2, 0) is 0 Å². The SMILES string of the molecule is Clc1ccc(-c2cc3nccc(-c4nc5ccccc5s4)n3n2)cc1. The Hall–Kier alpha value is -2.76. The summed E-state index contributed by atoms with van der Waals surface area (Å²) in [5.74, 6) is 0. The molecule has 0 amide bonds. The summed E-state index contributed by atoms with van der Waals surface area (Å²) in [6.45, 7) is 0. The molecule has 3 heterocycles. The zero-order valence-electron chi connectivity index (χ0n) is 12.9. The average molecular weight is 363 g/mol. The number of halogens is 1. The molecule has 0 unspecified atom stereocenters. The fourth-order valence-corrected chi connectivity index (χ4v) is 3.90. The van der Waals surface area contributed by atoms with Crippen molar-refractivity contribution in [2.24, 2.45) is 0 Å². The first-order valence-electron chi connectivity index (χ1n) is 7.75.